The van der Waals surface area contributed by atoms with Gasteiger partial charge >= 0.3 is 0 Å². The number of pyridine rings is 1. The molecule has 0 saturated heterocycles. The van der Waals surface area contributed by atoms with Crippen molar-refractivity contribution in [2.75, 3.05) is 0 Å². The first kappa shape index (κ1) is 20.2. The van der Waals surface area contributed by atoms with Gasteiger partial charge in [0, 0.05) is 23.6 Å². The Kier molecular flexibility index (Phi) is 6.14. The van der Waals surface area contributed by atoms with Crippen LogP contribution in [0, 0.1) is 0 Å². The van der Waals surface area contributed by atoms with Crippen LogP contribution in [0.4, 0.5) is 0 Å². The average Bonchev–Trinajstić information content (AvgIpc) is 3.10. The summed E-state index contributed by atoms with van der Waals surface area (Å²) in [6.07, 6.45) is 1.81. The van der Waals surface area contributed by atoms with Crippen LogP contribution in [0.5, 0.6) is 0 Å². The molecule has 4 rings (SSSR count). The Bertz CT molecular complexity index is 1140. The van der Waals surface area contributed by atoms with Crippen LogP contribution in [0.2, 0.25) is 0 Å². The van der Waals surface area contributed by atoms with Crippen molar-refractivity contribution in [2.45, 2.75) is 37.3 Å². The van der Waals surface area contributed by atoms with E-state index in [0.717, 1.165) is 34.2 Å². The minimum absolute atomic E-state index is 0.0417. The molecule has 0 aliphatic rings. The Morgan fingerprint density at radius 1 is 1.00 bits per heavy atom. The number of imidazole rings is 1. The van der Waals surface area contributed by atoms with E-state index >= 15 is 0 Å². The van der Waals surface area contributed by atoms with Crippen molar-refractivity contribution in [3.8, 4) is 0 Å². The quantitative estimate of drug-likeness (QED) is 0.435. The van der Waals surface area contributed by atoms with Gasteiger partial charge in [0.15, 0.2) is 10.8 Å². The number of thioether (sulfide) groups is 1. The van der Waals surface area contributed by atoms with E-state index in [2.05, 4.69) is 27.0 Å². The predicted molar refractivity (Wildman–Crippen MR) is 122 cm³/mol. The van der Waals surface area contributed by atoms with Gasteiger partial charge in [-0.05, 0) is 49.2 Å². The Balaban J connectivity index is 1.52. The van der Waals surface area contributed by atoms with Crippen LogP contribution < -0.4 is 5.32 Å². The Labute approximate surface area is 180 Å². The molecule has 2 heterocycles. The van der Waals surface area contributed by atoms with Crippen LogP contribution in [0.15, 0.2) is 78.1 Å². The van der Waals surface area contributed by atoms with Gasteiger partial charge in [-0.2, -0.15) is 0 Å². The number of amides is 1. The van der Waals surface area contributed by atoms with E-state index in [1.165, 1.54) is 5.56 Å². The minimum Gasteiger partial charge on any atom is -0.350 e. The number of rotatable bonds is 7. The molecule has 0 unspecified atom stereocenters. The lowest BCUT2D eigenvalue weighted by Gasteiger charge is -2.10. The molecule has 30 heavy (non-hydrogen) atoms. The van der Waals surface area contributed by atoms with Crippen LogP contribution in [0.3, 0.4) is 0 Å². The molecule has 0 radical (unpaired) electrons. The number of benzene rings is 2. The molecule has 1 amide bonds. The van der Waals surface area contributed by atoms with E-state index in [0.29, 0.717) is 5.56 Å². The predicted octanol–water partition coefficient (Wildman–Crippen LogP) is 4.91. The Hall–Kier alpha value is -3.12. The maximum absolute atomic E-state index is 12.1. The zero-order valence-electron chi connectivity index (χ0n) is 17.1. The minimum atomic E-state index is -0.0417. The lowest BCUT2D eigenvalue weighted by Crippen LogP contribution is -2.29. The number of fused-ring (bicyclic) bond motifs is 1. The maximum Gasteiger partial charge on any atom is 0.251 e. The first-order valence-electron chi connectivity index (χ1n) is 9.98. The molecule has 0 saturated carbocycles. The van der Waals surface area contributed by atoms with Crippen LogP contribution >= 0.6 is 11.8 Å². The molecule has 0 atom stereocenters. The van der Waals surface area contributed by atoms with Crippen molar-refractivity contribution in [2.24, 2.45) is 0 Å². The molecule has 0 aliphatic carbocycles. The molecule has 0 spiro atoms. The van der Waals surface area contributed by atoms with Gasteiger partial charge in [-0.25, -0.2) is 9.97 Å². The van der Waals surface area contributed by atoms with E-state index in [1.807, 2.05) is 68.4 Å². The second-order valence-electron chi connectivity index (χ2n) is 7.43. The fourth-order valence-corrected chi connectivity index (χ4v) is 4.16. The number of aromatic nitrogens is 3. The maximum atomic E-state index is 12.1. The largest absolute Gasteiger partial charge is 0.350 e. The summed E-state index contributed by atoms with van der Waals surface area (Å²) in [5.74, 6) is 0.726. The lowest BCUT2D eigenvalue weighted by molar-refractivity contribution is 0.0943. The van der Waals surface area contributed by atoms with Crippen LogP contribution in [-0.2, 0) is 12.3 Å². The highest BCUT2D eigenvalue weighted by Crippen LogP contribution is 2.27. The third kappa shape index (κ3) is 4.71. The molecule has 0 bridgehead atoms. The topological polar surface area (TPSA) is 59.8 Å². The van der Waals surface area contributed by atoms with Gasteiger partial charge in [0.2, 0.25) is 0 Å². The van der Waals surface area contributed by atoms with Crippen LogP contribution in [-0.4, -0.2) is 26.5 Å². The average molecular weight is 417 g/mol. The second kappa shape index (κ2) is 9.13. The lowest BCUT2D eigenvalue weighted by atomic mass is 10.1. The van der Waals surface area contributed by atoms with Crippen LogP contribution in [0.25, 0.3) is 11.2 Å². The van der Waals surface area contributed by atoms with Crippen LogP contribution in [0.1, 0.15) is 35.3 Å². The van der Waals surface area contributed by atoms with Gasteiger partial charge < -0.3 is 5.32 Å². The molecule has 2 aromatic carbocycles. The van der Waals surface area contributed by atoms with Crippen molar-refractivity contribution in [1.82, 2.24) is 19.9 Å². The molecule has 5 nitrogen and oxygen atoms in total. The van der Waals surface area contributed by atoms with Gasteiger partial charge in [0.05, 0.1) is 6.54 Å². The van der Waals surface area contributed by atoms with E-state index in [9.17, 15) is 4.79 Å². The third-order valence-electron chi connectivity index (χ3n) is 4.66. The van der Waals surface area contributed by atoms with Gasteiger partial charge in [0.25, 0.3) is 5.91 Å². The van der Waals surface area contributed by atoms with Gasteiger partial charge in [-0.1, -0.05) is 54.2 Å². The van der Waals surface area contributed by atoms with E-state index in [-0.39, 0.29) is 11.9 Å². The highest BCUT2D eigenvalue weighted by atomic mass is 32.2. The summed E-state index contributed by atoms with van der Waals surface area (Å²) in [6, 6.07) is 22.1. The standard InChI is InChI=1S/C24H24N4OS/c1-17(2)26-23(29)20-12-10-19(11-13-20)16-30-24-27-21-9-6-14-25-22(21)28(24)15-18-7-4-3-5-8-18/h3-14,17H,15-16H2,1-2H3,(H,26,29). The van der Waals surface area contributed by atoms with Gasteiger partial charge in [-0.3, -0.25) is 9.36 Å². The molecular formula is C24H24N4OS. The molecule has 0 fully saturated rings. The molecule has 0 aliphatic heterocycles. The smallest absolute Gasteiger partial charge is 0.251 e. The van der Waals surface area contributed by atoms with Crippen molar-refractivity contribution in [1.29, 1.82) is 0 Å². The summed E-state index contributed by atoms with van der Waals surface area (Å²) < 4.78 is 2.17. The monoisotopic (exact) mass is 416 g/mol. The SMILES string of the molecule is CC(C)NC(=O)c1ccc(CSc2nc3cccnc3n2Cc2ccccc2)cc1. The zero-order valence-corrected chi connectivity index (χ0v) is 17.9. The molecule has 1 N–H and O–H groups in total. The number of hydrogen-bond acceptors (Lipinski definition) is 4. The Morgan fingerprint density at radius 2 is 1.77 bits per heavy atom. The number of nitrogens with one attached hydrogen (secondary N) is 1. The summed E-state index contributed by atoms with van der Waals surface area (Å²) >= 11 is 1.68. The fourth-order valence-electron chi connectivity index (χ4n) is 3.20. The first-order valence-corrected chi connectivity index (χ1v) is 11.0. The molecule has 4 aromatic rings. The number of hydrogen-bond donors (Lipinski definition) is 1. The Morgan fingerprint density at radius 3 is 2.50 bits per heavy atom. The van der Waals surface area contributed by atoms with Crippen molar-refractivity contribution < 1.29 is 4.79 Å². The second-order valence-corrected chi connectivity index (χ2v) is 8.37. The summed E-state index contributed by atoms with van der Waals surface area (Å²) in [4.78, 5) is 21.5. The third-order valence-corrected chi connectivity index (χ3v) is 5.70. The number of carbonyl (C=O) groups is 1. The highest BCUT2D eigenvalue weighted by Gasteiger charge is 2.13. The van der Waals surface area contributed by atoms with E-state index in [1.54, 1.807) is 18.0 Å². The highest BCUT2D eigenvalue weighted by molar-refractivity contribution is 7.98. The molecule has 152 valence electrons. The van der Waals surface area contributed by atoms with Crippen molar-refractivity contribution >= 4 is 28.8 Å². The summed E-state index contributed by atoms with van der Waals surface area (Å²) in [5.41, 5.74) is 4.83. The summed E-state index contributed by atoms with van der Waals surface area (Å²) in [6.45, 7) is 4.64. The number of nitrogens with zero attached hydrogens (tertiary/aromatic N) is 3. The molecule has 6 heteroatoms. The molecule has 2 aromatic heterocycles. The van der Waals surface area contributed by atoms with E-state index in [4.69, 9.17) is 4.98 Å². The molecular weight excluding hydrogens is 392 g/mol. The normalized spacial score (nSPS) is 11.2. The fraction of sp³-hybridized carbons (Fsp3) is 0.208. The number of carbonyl (C=O) groups excluding carboxylic acids is 1. The van der Waals surface area contributed by atoms with Gasteiger partial charge in [-0.15, -0.1) is 0 Å². The van der Waals surface area contributed by atoms with Gasteiger partial charge in [0.1, 0.15) is 5.52 Å². The van der Waals surface area contributed by atoms with E-state index < -0.39 is 0 Å². The summed E-state index contributed by atoms with van der Waals surface area (Å²) in [5, 5.41) is 3.86. The zero-order chi connectivity index (χ0) is 20.9. The van der Waals surface area contributed by atoms with Crippen molar-refractivity contribution in [3.63, 3.8) is 0 Å². The van der Waals surface area contributed by atoms with Crippen molar-refractivity contribution in [3.05, 3.63) is 89.6 Å². The summed E-state index contributed by atoms with van der Waals surface area (Å²) in [7, 11) is 0. The first-order chi connectivity index (χ1) is 14.6.